The van der Waals surface area contributed by atoms with Gasteiger partial charge in [-0.1, -0.05) is 11.6 Å². The van der Waals surface area contributed by atoms with E-state index >= 15 is 0 Å². The smallest absolute Gasteiger partial charge is 0.271 e. The van der Waals surface area contributed by atoms with Gasteiger partial charge in [0.25, 0.3) is 11.6 Å². The molecule has 0 spiro atoms. The van der Waals surface area contributed by atoms with Crippen molar-refractivity contribution in [2.75, 3.05) is 11.9 Å². The van der Waals surface area contributed by atoms with Gasteiger partial charge in [-0.3, -0.25) is 14.9 Å². The molecular weight excluding hydrogens is 315 g/mol. The van der Waals surface area contributed by atoms with Gasteiger partial charge in [0, 0.05) is 12.1 Å². The zero-order chi connectivity index (χ0) is 16.1. The van der Waals surface area contributed by atoms with E-state index in [9.17, 15) is 19.3 Å². The minimum absolute atomic E-state index is 0.114. The minimum Gasteiger partial charge on any atom is -0.484 e. The highest BCUT2D eigenvalue weighted by molar-refractivity contribution is 6.33. The van der Waals surface area contributed by atoms with Crippen LogP contribution in [0.2, 0.25) is 5.02 Å². The summed E-state index contributed by atoms with van der Waals surface area (Å²) >= 11 is 5.86. The number of anilines is 1. The summed E-state index contributed by atoms with van der Waals surface area (Å²) in [5.41, 5.74) is -0.0808. The molecule has 2 aromatic carbocycles. The number of nitro benzene ring substituents is 1. The molecule has 0 saturated heterocycles. The molecular formula is C14H10ClFN2O4. The molecule has 6 nitrogen and oxygen atoms in total. The molecule has 2 aromatic rings. The van der Waals surface area contributed by atoms with E-state index in [4.69, 9.17) is 16.3 Å². The predicted molar refractivity (Wildman–Crippen MR) is 78.6 cm³/mol. The van der Waals surface area contributed by atoms with Crippen LogP contribution in [0.3, 0.4) is 0 Å². The van der Waals surface area contributed by atoms with Crippen LogP contribution in [0, 0.1) is 15.9 Å². The molecule has 0 heterocycles. The van der Waals surface area contributed by atoms with Gasteiger partial charge in [-0.2, -0.15) is 0 Å². The number of nitrogens with one attached hydrogen (secondary N) is 1. The summed E-state index contributed by atoms with van der Waals surface area (Å²) in [6, 6.07) is 8.85. The van der Waals surface area contributed by atoms with Gasteiger partial charge in [0.2, 0.25) is 0 Å². The van der Waals surface area contributed by atoms with E-state index in [-0.39, 0.29) is 23.0 Å². The number of halogens is 2. The summed E-state index contributed by atoms with van der Waals surface area (Å²) in [5, 5.41) is 13.3. The van der Waals surface area contributed by atoms with E-state index in [1.165, 1.54) is 36.4 Å². The summed E-state index contributed by atoms with van der Waals surface area (Å²) in [7, 11) is 0. The van der Waals surface area contributed by atoms with E-state index in [1.807, 2.05) is 0 Å². The Hall–Kier alpha value is -2.67. The Morgan fingerprint density at radius 1 is 1.27 bits per heavy atom. The van der Waals surface area contributed by atoms with Crippen LogP contribution in [0.15, 0.2) is 42.5 Å². The Balaban J connectivity index is 1.98. The molecule has 22 heavy (non-hydrogen) atoms. The molecule has 0 aliphatic heterocycles. The van der Waals surface area contributed by atoms with E-state index in [0.717, 1.165) is 6.07 Å². The number of hydrogen-bond acceptors (Lipinski definition) is 4. The van der Waals surface area contributed by atoms with Crippen LogP contribution < -0.4 is 10.1 Å². The van der Waals surface area contributed by atoms with Crippen molar-refractivity contribution < 1.29 is 18.8 Å². The molecule has 0 aliphatic rings. The minimum atomic E-state index is -0.596. The summed E-state index contributed by atoms with van der Waals surface area (Å²) in [6.45, 7) is -0.343. The van der Waals surface area contributed by atoms with Crippen molar-refractivity contribution in [3.8, 4) is 5.75 Å². The molecule has 1 N–H and O–H groups in total. The first kappa shape index (κ1) is 15.7. The highest BCUT2D eigenvalue weighted by atomic mass is 35.5. The van der Waals surface area contributed by atoms with Crippen molar-refractivity contribution in [2.45, 2.75) is 0 Å². The fraction of sp³-hybridized carbons (Fsp3) is 0.0714. The van der Waals surface area contributed by atoms with Crippen molar-refractivity contribution in [1.29, 1.82) is 0 Å². The lowest BCUT2D eigenvalue weighted by Gasteiger charge is -2.08. The number of non-ortho nitro benzene ring substituents is 1. The van der Waals surface area contributed by atoms with Gasteiger partial charge in [0.1, 0.15) is 11.6 Å². The lowest BCUT2D eigenvalue weighted by atomic mass is 10.3. The van der Waals surface area contributed by atoms with Gasteiger partial charge in [-0.15, -0.1) is 0 Å². The van der Waals surface area contributed by atoms with Crippen LogP contribution in [-0.4, -0.2) is 17.4 Å². The molecule has 0 radical (unpaired) electrons. The molecule has 0 atom stereocenters. The molecule has 114 valence electrons. The van der Waals surface area contributed by atoms with Crippen molar-refractivity contribution >= 4 is 28.9 Å². The Kier molecular flexibility index (Phi) is 4.90. The van der Waals surface area contributed by atoms with Crippen molar-refractivity contribution in [2.24, 2.45) is 0 Å². The van der Waals surface area contributed by atoms with Crippen molar-refractivity contribution in [3.05, 3.63) is 63.4 Å². The number of amides is 1. The largest absolute Gasteiger partial charge is 0.484 e. The van der Waals surface area contributed by atoms with Crippen LogP contribution in [-0.2, 0) is 4.79 Å². The Labute approximate surface area is 129 Å². The number of nitro groups is 1. The standard InChI is InChI=1S/C14H10ClFN2O4/c15-12-6-3-10(18(20)21)7-13(12)17-14(19)8-22-11-4-1-9(16)2-5-11/h1-7H,8H2,(H,17,19). The van der Waals surface area contributed by atoms with Gasteiger partial charge in [0.05, 0.1) is 15.6 Å². The third kappa shape index (κ3) is 4.16. The van der Waals surface area contributed by atoms with Gasteiger partial charge in [0.15, 0.2) is 6.61 Å². The number of nitrogens with zero attached hydrogens (tertiary/aromatic N) is 1. The number of benzene rings is 2. The second-order valence-electron chi connectivity index (χ2n) is 4.21. The molecule has 2 rings (SSSR count). The van der Waals surface area contributed by atoms with E-state index in [1.54, 1.807) is 0 Å². The second-order valence-corrected chi connectivity index (χ2v) is 4.62. The fourth-order valence-electron chi connectivity index (χ4n) is 1.59. The SMILES string of the molecule is O=C(COc1ccc(F)cc1)Nc1cc([N+](=O)[O-])ccc1Cl. The van der Waals surface area contributed by atoms with Gasteiger partial charge < -0.3 is 10.1 Å². The number of ether oxygens (including phenoxy) is 1. The Morgan fingerprint density at radius 3 is 2.59 bits per heavy atom. The first-order valence-electron chi connectivity index (χ1n) is 6.08. The highest BCUT2D eigenvalue weighted by Gasteiger charge is 2.12. The molecule has 0 aliphatic carbocycles. The maximum Gasteiger partial charge on any atom is 0.271 e. The van der Waals surface area contributed by atoms with Gasteiger partial charge in [-0.05, 0) is 30.3 Å². The average Bonchev–Trinajstić information content (AvgIpc) is 2.48. The van der Waals surface area contributed by atoms with Crippen LogP contribution in [0.4, 0.5) is 15.8 Å². The molecule has 0 unspecified atom stereocenters. The quantitative estimate of drug-likeness (QED) is 0.675. The third-order valence-corrected chi connectivity index (χ3v) is 2.95. The monoisotopic (exact) mass is 324 g/mol. The second kappa shape index (κ2) is 6.86. The summed E-state index contributed by atoms with van der Waals surface area (Å²) in [4.78, 5) is 21.8. The normalized spacial score (nSPS) is 10.1. The number of carbonyl (C=O) groups excluding carboxylic acids is 1. The zero-order valence-electron chi connectivity index (χ0n) is 11.1. The van der Waals surface area contributed by atoms with Crippen LogP contribution in [0.25, 0.3) is 0 Å². The molecule has 0 fully saturated rings. The van der Waals surface area contributed by atoms with Crippen LogP contribution in [0.1, 0.15) is 0 Å². The lowest BCUT2D eigenvalue weighted by Crippen LogP contribution is -2.20. The average molecular weight is 325 g/mol. The highest BCUT2D eigenvalue weighted by Crippen LogP contribution is 2.26. The number of hydrogen-bond donors (Lipinski definition) is 1. The summed E-state index contributed by atoms with van der Waals surface area (Å²) < 4.78 is 17.9. The Morgan fingerprint density at radius 2 is 1.95 bits per heavy atom. The van der Waals surface area contributed by atoms with E-state index in [0.29, 0.717) is 5.75 Å². The zero-order valence-corrected chi connectivity index (χ0v) is 11.8. The van der Waals surface area contributed by atoms with Crippen LogP contribution >= 0.6 is 11.6 Å². The van der Waals surface area contributed by atoms with Crippen LogP contribution in [0.5, 0.6) is 5.75 Å². The van der Waals surface area contributed by atoms with E-state index in [2.05, 4.69) is 5.32 Å². The molecule has 1 amide bonds. The van der Waals surface area contributed by atoms with Crippen molar-refractivity contribution in [1.82, 2.24) is 0 Å². The maximum absolute atomic E-state index is 12.7. The first-order valence-corrected chi connectivity index (χ1v) is 6.45. The topological polar surface area (TPSA) is 81.5 Å². The fourth-order valence-corrected chi connectivity index (χ4v) is 1.75. The first-order chi connectivity index (χ1) is 10.5. The van der Waals surface area contributed by atoms with Crippen molar-refractivity contribution in [3.63, 3.8) is 0 Å². The van der Waals surface area contributed by atoms with Gasteiger partial charge >= 0.3 is 0 Å². The van der Waals surface area contributed by atoms with Gasteiger partial charge in [-0.25, -0.2) is 4.39 Å². The predicted octanol–water partition coefficient (Wildman–Crippen LogP) is 3.40. The maximum atomic E-state index is 12.7. The third-order valence-electron chi connectivity index (χ3n) is 2.62. The molecule has 0 saturated carbocycles. The number of carbonyl (C=O) groups is 1. The molecule has 0 bridgehead atoms. The Bertz CT molecular complexity index is 706. The number of rotatable bonds is 5. The molecule has 8 heteroatoms. The lowest BCUT2D eigenvalue weighted by molar-refractivity contribution is -0.384. The van der Waals surface area contributed by atoms with E-state index < -0.39 is 16.6 Å². The summed E-state index contributed by atoms with van der Waals surface area (Å²) in [5.74, 6) is -0.645. The molecule has 0 aromatic heterocycles. The summed E-state index contributed by atoms with van der Waals surface area (Å²) in [6.07, 6.45) is 0.